The highest BCUT2D eigenvalue weighted by Crippen LogP contribution is 2.21. The minimum absolute atomic E-state index is 0.256. The van der Waals surface area contributed by atoms with Gasteiger partial charge in [-0.1, -0.05) is 91.6 Å². The highest BCUT2D eigenvalue weighted by atomic mass is 16.3. The van der Waals surface area contributed by atoms with E-state index in [-0.39, 0.29) is 5.75 Å². The molecule has 22 heavy (non-hydrogen) atoms. The number of hydrogen-bond donors (Lipinski definition) is 1. The van der Waals surface area contributed by atoms with Crippen molar-refractivity contribution in [1.29, 1.82) is 0 Å². The molecule has 0 saturated carbocycles. The summed E-state index contributed by atoms with van der Waals surface area (Å²) in [6.45, 7) is 23.1. The number of allylic oxidation sites excluding steroid dienone is 4. The molecule has 1 N–H and O–H groups in total. The summed E-state index contributed by atoms with van der Waals surface area (Å²) in [5.74, 6) is 0.256. The molecule has 0 amide bonds. The molecule has 0 aliphatic heterocycles. The van der Waals surface area contributed by atoms with Crippen LogP contribution in [0.4, 0.5) is 0 Å². The normalized spacial score (nSPS) is 8.73. The van der Waals surface area contributed by atoms with Crippen LogP contribution in [-0.4, -0.2) is 5.11 Å². The Hall–Kier alpha value is -2.02. The second kappa shape index (κ2) is 19.0. The Balaban J connectivity index is -0.000000535. The number of benzene rings is 1. The van der Waals surface area contributed by atoms with Crippen molar-refractivity contribution in [2.75, 3.05) is 0 Å². The van der Waals surface area contributed by atoms with Crippen molar-refractivity contribution in [3.63, 3.8) is 0 Å². The van der Waals surface area contributed by atoms with E-state index in [9.17, 15) is 5.11 Å². The van der Waals surface area contributed by atoms with E-state index < -0.39 is 0 Å². The first-order valence-corrected chi connectivity index (χ1v) is 8.09. The first-order chi connectivity index (χ1) is 10.7. The van der Waals surface area contributed by atoms with Gasteiger partial charge in [-0.05, 0) is 29.7 Å². The lowest BCUT2D eigenvalue weighted by atomic mass is 10.0. The zero-order valence-electron chi connectivity index (χ0n) is 15.3. The maximum absolute atomic E-state index is 9.51. The molecule has 1 heteroatoms. The van der Waals surface area contributed by atoms with Gasteiger partial charge in [-0.3, -0.25) is 0 Å². The zero-order chi connectivity index (χ0) is 18.0. The summed E-state index contributed by atoms with van der Waals surface area (Å²) < 4.78 is 0. The van der Waals surface area contributed by atoms with Crippen molar-refractivity contribution < 1.29 is 5.11 Å². The third kappa shape index (κ3) is 10.7. The lowest BCUT2D eigenvalue weighted by Crippen LogP contribution is -1.88. The van der Waals surface area contributed by atoms with Gasteiger partial charge in [0.15, 0.2) is 0 Å². The Labute approximate surface area is 138 Å². The predicted octanol–water partition coefficient (Wildman–Crippen LogP) is 6.95. The Kier molecular flexibility index (Phi) is 21.5. The monoisotopic (exact) mass is 302 g/mol. The Bertz CT molecular complexity index is 439. The molecular weight excluding hydrogens is 268 g/mol. The van der Waals surface area contributed by atoms with Crippen LogP contribution >= 0.6 is 0 Å². The Morgan fingerprint density at radius 2 is 1.55 bits per heavy atom. The van der Waals surface area contributed by atoms with Crippen molar-refractivity contribution >= 4 is 6.08 Å². The molecule has 1 aromatic carbocycles. The average molecular weight is 303 g/mol. The van der Waals surface area contributed by atoms with E-state index in [1.807, 2.05) is 65.8 Å². The van der Waals surface area contributed by atoms with Crippen molar-refractivity contribution in [2.24, 2.45) is 0 Å². The topological polar surface area (TPSA) is 20.2 Å². The summed E-state index contributed by atoms with van der Waals surface area (Å²) in [5.41, 5.74) is 2.95. The molecule has 0 atom stereocenters. The van der Waals surface area contributed by atoms with E-state index in [0.29, 0.717) is 0 Å². The van der Waals surface area contributed by atoms with Crippen LogP contribution in [0.1, 0.15) is 52.7 Å². The maximum Gasteiger partial charge on any atom is 0.122 e. The fraction of sp³-hybridized carbons (Fsp3) is 0.333. The average Bonchev–Trinajstić information content (AvgIpc) is 2.61. The van der Waals surface area contributed by atoms with Gasteiger partial charge in [-0.2, -0.15) is 0 Å². The number of aromatic hydroxyl groups is 1. The van der Waals surface area contributed by atoms with Gasteiger partial charge in [-0.25, -0.2) is 0 Å². The Morgan fingerprint density at radius 1 is 1.00 bits per heavy atom. The van der Waals surface area contributed by atoms with E-state index in [1.165, 1.54) is 0 Å². The van der Waals surface area contributed by atoms with Gasteiger partial charge in [0.05, 0.1) is 0 Å². The van der Waals surface area contributed by atoms with Crippen LogP contribution in [0.2, 0.25) is 0 Å². The summed E-state index contributed by atoms with van der Waals surface area (Å²) in [6.07, 6.45) is 7.89. The first kappa shape index (κ1) is 25.0. The fourth-order valence-corrected chi connectivity index (χ4v) is 1.46. The lowest BCUT2D eigenvalue weighted by molar-refractivity contribution is 0.474. The molecule has 124 valence electrons. The van der Waals surface area contributed by atoms with Gasteiger partial charge >= 0.3 is 0 Å². The molecule has 0 bridgehead atoms. The zero-order valence-corrected chi connectivity index (χ0v) is 15.3. The van der Waals surface area contributed by atoms with Gasteiger partial charge in [0, 0.05) is 5.56 Å². The van der Waals surface area contributed by atoms with Gasteiger partial charge in [-0.15, -0.1) is 0 Å². The molecular formula is C21H34O. The van der Waals surface area contributed by atoms with Gasteiger partial charge in [0.1, 0.15) is 5.75 Å². The van der Waals surface area contributed by atoms with E-state index in [0.717, 1.165) is 23.1 Å². The van der Waals surface area contributed by atoms with Gasteiger partial charge < -0.3 is 5.11 Å². The van der Waals surface area contributed by atoms with Crippen LogP contribution in [-0.2, 0) is 6.42 Å². The second-order valence-electron chi connectivity index (χ2n) is 3.46. The molecule has 0 radical (unpaired) electrons. The summed E-state index contributed by atoms with van der Waals surface area (Å²) in [4.78, 5) is 0. The molecule has 0 fully saturated rings. The van der Waals surface area contributed by atoms with Crippen LogP contribution in [0, 0.1) is 0 Å². The second-order valence-corrected chi connectivity index (χ2v) is 3.46. The quantitative estimate of drug-likeness (QED) is 0.583. The number of phenolic OH excluding ortho intramolecular Hbond substituents is 1. The third-order valence-electron chi connectivity index (χ3n) is 2.31. The van der Waals surface area contributed by atoms with E-state index in [2.05, 4.69) is 19.7 Å². The van der Waals surface area contributed by atoms with Crippen molar-refractivity contribution in [2.45, 2.75) is 48.0 Å². The molecule has 1 aromatic rings. The van der Waals surface area contributed by atoms with E-state index in [1.54, 1.807) is 18.2 Å². The molecule has 0 spiro atoms. The van der Waals surface area contributed by atoms with E-state index in [4.69, 9.17) is 0 Å². The third-order valence-corrected chi connectivity index (χ3v) is 2.31. The molecule has 0 unspecified atom stereocenters. The Morgan fingerprint density at radius 3 is 1.95 bits per heavy atom. The summed E-state index contributed by atoms with van der Waals surface area (Å²) >= 11 is 0. The minimum atomic E-state index is 0.256. The smallest absolute Gasteiger partial charge is 0.122 e. The lowest BCUT2D eigenvalue weighted by Gasteiger charge is -2.05. The molecule has 0 saturated heterocycles. The van der Waals surface area contributed by atoms with Crippen LogP contribution in [0.3, 0.4) is 0 Å². The molecule has 0 aromatic heterocycles. The van der Waals surface area contributed by atoms with Crippen LogP contribution in [0.15, 0.2) is 61.7 Å². The SMILES string of the molecule is C=C/C=C(\C=C)Cc1ccc(O)c(C=C)c1.CC.CC.CC. The van der Waals surface area contributed by atoms with Gasteiger partial charge in [0.2, 0.25) is 0 Å². The minimum Gasteiger partial charge on any atom is -0.507 e. The highest BCUT2D eigenvalue weighted by molar-refractivity contribution is 5.56. The molecule has 1 rings (SSSR count). The first-order valence-electron chi connectivity index (χ1n) is 8.09. The molecule has 0 aliphatic rings. The van der Waals surface area contributed by atoms with Crippen molar-refractivity contribution in [3.05, 3.63) is 72.9 Å². The summed E-state index contributed by atoms with van der Waals surface area (Å²) in [7, 11) is 0. The number of hydrogen-bond acceptors (Lipinski definition) is 1. The van der Waals surface area contributed by atoms with Crippen LogP contribution in [0.5, 0.6) is 5.75 Å². The summed E-state index contributed by atoms with van der Waals surface area (Å²) in [5, 5.41) is 9.51. The molecule has 0 heterocycles. The number of rotatable bonds is 5. The van der Waals surface area contributed by atoms with Gasteiger partial charge in [0.25, 0.3) is 0 Å². The van der Waals surface area contributed by atoms with Crippen molar-refractivity contribution in [1.82, 2.24) is 0 Å². The predicted molar refractivity (Wildman–Crippen MR) is 104 cm³/mol. The fourth-order valence-electron chi connectivity index (χ4n) is 1.46. The standard InChI is InChI=1S/C15H16O.3C2H6/c1-4-7-12(5-2)10-13-8-9-15(16)14(6-3)11-13;3*1-2/h4-9,11,16H,1-3,10H2;3*1-2H3/b12-7+;;;. The summed E-state index contributed by atoms with van der Waals surface area (Å²) in [6, 6.07) is 5.49. The number of phenols is 1. The molecule has 1 nitrogen and oxygen atoms in total. The maximum atomic E-state index is 9.51. The largest absolute Gasteiger partial charge is 0.507 e. The van der Waals surface area contributed by atoms with Crippen LogP contribution < -0.4 is 0 Å². The highest BCUT2D eigenvalue weighted by Gasteiger charge is 2.00. The van der Waals surface area contributed by atoms with Crippen LogP contribution in [0.25, 0.3) is 6.08 Å². The van der Waals surface area contributed by atoms with Crippen molar-refractivity contribution in [3.8, 4) is 5.75 Å². The molecule has 0 aliphatic carbocycles. The van der Waals surface area contributed by atoms with E-state index >= 15 is 0 Å².